The predicted molar refractivity (Wildman–Crippen MR) is 104 cm³/mol. The largest absolute Gasteiger partial charge is 0.507 e. The average Bonchev–Trinajstić information content (AvgIpc) is 2.54. The van der Waals surface area contributed by atoms with Crippen LogP contribution in [-0.4, -0.2) is 22.3 Å². The van der Waals surface area contributed by atoms with Crippen LogP contribution in [0.1, 0.15) is 93.6 Å². The van der Waals surface area contributed by atoms with Crippen LogP contribution in [-0.2, 0) is 6.42 Å². The van der Waals surface area contributed by atoms with E-state index in [1.807, 2.05) is 13.8 Å². The number of benzene rings is 1. The Labute approximate surface area is 156 Å². The lowest BCUT2D eigenvalue weighted by Crippen LogP contribution is -2.16. The molecule has 0 saturated heterocycles. The van der Waals surface area contributed by atoms with Gasteiger partial charge in [0.15, 0.2) is 0 Å². The number of carbonyl (C=O) groups is 1. The van der Waals surface area contributed by atoms with Crippen molar-refractivity contribution in [1.82, 2.24) is 0 Å². The molecule has 144 valence electrons. The number of aromatic carboxylic acids is 1. The van der Waals surface area contributed by atoms with E-state index in [0.29, 0.717) is 23.3 Å². The molecule has 1 aliphatic carbocycles. The normalized spacial score (nSPS) is 17.3. The van der Waals surface area contributed by atoms with E-state index in [9.17, 15) is 15.0 Å². The zero-order chi connectivity index (χ0) is 19.3. The molecule has 2 N–H and O–H groups in total. The molecular weight excluding hydrogens is 328 g/mol. The summed E-state index contributed by atoms with van der Waals surface area (Å²) in [6, 6.07) is 1.65. The maximum atomic E-state index is 12.1. The quantitative estimate of drug-likeness (QED) is 0.452. The Morgan fingerprint density at radius 2 is 2.08 bits per heavy atom. The number of carboxylic acids is 1. The summed E-state index contributed by atoms with van der Waals surface area (Å²) in [7, 11) is 0. The number of carboxylic acid groups (broad SMARTS) is 1. The highest BCUT2D eigenvalue weighted by atomic mass is 16.5. The van der Waals surface area contributed by atoms with E-state index >= 15 is 0 Å². The first-order valence-electron chi connectivity index (χ1n) is 9.81. The molecule has 0 fully saturated rings. The second-order valence-corrected chi connectivity index (χ2v) is 7.61. The van der Waals surface area contributed by atoms with Gasteiger partial charge in [-0.15, -0.1) is 0 Å². The molecule has 4 nitrogen and oxygen atoms in total. The number of aryl methyl sites for hydroxylation is 1. The van der Waals surface area contributed by atoms with E-state index in [-0.39, 0.29) is 23.3 Å². The molecular formula is C22H32O4. The highest BCUT2D eigenvalue weighted by Gasteiger charge is 2.29. The Balaban J connectivity index is 2.60. The monoisotopic (exact) mass is 360 g/mol. The Bertz CT molecular complexity index is 673. The summed E-state index contributed by atoms with van der Waals surface area (Å²) in [5.74, 6) is -0.465. The van der Waals surface area contributed by atoms with E-state index in [1.165, 1.54) is 5.57 Å². The molecule has 2 rings (SSSR count). The van der Waals surface area contributed by atoms with Gasteiger partial charge in [-0.1, -0.05) is 31.4 Å². The molecule has 0 heterocycles. The predicted octanol–water partition coefficient (Wildman–Crippen LogP) is 5.82. The summed E-state index contributed by atoms with van der Waals surface area (Å²) in [5.41, 5.74) is 2.80. The smallest absolute Gasteiger partial charge is 0.339 e. The number of ether oxygens (including phenoxy) is 1. The van der Waals surface area contributed by atoms with Crippen LogP contribution in [0, 0.1) is 0 Å². The molecule has 1 aromatic rings. The second-order valence-electron chi connectivity index (χ2n) is 7.61. The van der Waals surface area contributed by atoms with Crippen molar-refractivity contribution in [3.05, 3.63) is 34.4 Å². The average molecular weight is 360 g/mol. The van der Waals surface area contributed by atoms with Crippen LogP contribution >= 0.6 is 0 Å². The maximum absolute atomic E-state index is 12.1. The van der Waals surface area contributed by atoms with Crippen molar-refractivity contribution in [1.29, 1.82) is 0 Å². The van der Waals surface area contributed by atoms with Gasteiger partial charge in [-0.2, -0.15) is 0 Å². The van der Waals surface area contributed by atoms with Gasteiger partial charge < -0.3 is 14.9 Å². The molecule has 0 aliphatic heterocycles. The molecule has 1 atom stereocenters. The lowest BCUT2D eigenvalue weighted by atomic mass is 9.83. The lowest BCUT2D eigenvalue weighted by molar-refractivity contribution is 0.0688. The van der Waals surface area contributed by atoms with E-state index < -0.39 is 5.97 Å². The fraction of sp³-hybridized carbons (Fsp3) is 0.591. The number of rotatable bonds is 8. The fourth-order valence-electron chi connectivity index (χ4n) is 3.76. The van der Waals surface area contributed by atoms with Crippen LogP contribution in [0.25, 0.3) is 0 Å². The van der Waals surface area contributed by atoms with Crippen LogP contribution in [0.3, 0.4) is 0 Å². The SMILES string of the molecule is CCCCCc1cc(O)c(C2C=C(C)CCC2)c(OC(C)C)c1C(=O)O. The lowest BCUT2D eigenvalue weighted by Gasteiger charge is -2.26. The van der Waals surface area contributed by atoms with E-state index in [4.69, 9.17) is 4.74 Å². The topological polar surface area (TPSA) is 66.8 Å². The standard InChI is InChI=1S/C22H32O4/c1-5-6-7-10-17-13-18(23)19(16-11-8-9-15(4)12-16)21(26-14(2)3)20(17)22(24)25/h12-14,16,23H,5-11H2,1-4H3,(H,24,25). The summed E-state index contributed by atoms with van der Waals surface area (Å²) in [6.45, 7) is 7.98. The molecule has 0 saturated carbocycles. The number of phenols is 1. The van der Waals surface area contributed by atoms with Crippen LogP contribution < -0.4 is 4.74 Å². The van der Waals surface area contributed by atoms with Crippen LogP contribution in [0.4, 0.5) is 0 Å². The molecule has 4 heteroatoms. The first-order chi connectivity index (χ1) is 12.3. The third-order valence-corrected chi connectivity index (χ3v) is 4.94. The minimum atomic E-state index is -0.982. The van der Waals surface area contributed by atoms with Crippen molar-refractivity contribution in [2.75, 3.05) is 0 Å². The molecule has 1 aliphatic rings. The van der Waals surface area contributed by atoms with Gasteiger partial charge in [0.05, 0.1) is 6.10 Å². The van der Waals surface area contributed by atoms with Gasteiger partial charge in [-0.25, -0.2) is 4.79 Å². The van der Waals surface area contributed by atoms with Crippen molar-refractivity contribution in [2.24, 2.45) is 0 Å². The third-order valence-electron chi connectivity index (χ3n) is 4.94. The van der Waals surface area contributed by atoms with Crippen molar-refractivity contribution >= 4 is 5.97 Å². The fourth-order valence-corrected chi connectivity index (χ4v) is 3.76. The van der Waals surface area contributed by atoms with Gasteiger partial charge in [0.2, 0.25) is 0 Å². The highest BCUT2D eigenvalue weighted by Crippen LogP contribution is 2.45. The van der Waals surface area contributed by atoms with E-state index in [1.54, 1.807) is 6.07 Å². The minimum absolute atomic E-state index is 0.000270. The van der Waals surface area contributed by atoms with Gasteiger partial charge >= 0.3 is 5.97 Å². The Hall–Kier alpha value is -1.97. The maximum Gasteiger partial charge on any atom is 0.339 e. The van der Waals surface area contributed by atoms with E-state index in [2.05, 4.69) is 19.9 Å². The highest BCUT2D eigenvalue weighted by molar-refractivity contribution is 5.94. The number of aromatic hydroxyl groups is 1. The number of phenolic OH excluding ortho intramolecular Hbond substituents is 1. The minimum Gasteiger partial charge on any atom is -0.507 e. The Morgan fingerprint density at radius 1 is 1.35 bits per heavy atom. The second kappa shape index (κ2) is 9.11. The van der Waals surface area contributed by atoms with Crippen LogP contribution in [0.5, 0.6) is 11.5 Å². The third kappa shape index (κ3) is 4.80. The number of hydrogen-bond donors (Lipinski definition) is 2. The molecule has 1 aromatic carbocycles. The zero-order valence-electron chi connectivity index (χ0n) is 16.5. The van der Waals surface area contributed by atoms with Gasteiger partial charge in [0.1, 0.15) is 17.1 Å². The van der Waals surface area contributed by atoms with Crippen LogP contribution in [0.15, 0.2) is 17.7 Å². The number of hydrogen-bond acceptors (Lipinski definition) is 3. The summed E-state index contributed by atoms with van der Waals surface area (Å²) in [6.07, 6.45) is 8.61. The molecule has 0 aromatic heterocycles. The van der Waals surface area contributed by atoms with Crippen molar-refractivity contribution < 1.29 is 19.7 Å². The molecule has 0 amide bonds. The zero-order valence-corrected chi connectivity index (χ0v) is 16.5. The summed E-state index contributed by atoms with van der Waals surface area (Å²) >= 11 is 0. The Kier molecular flexibility index (Phi) is 7.13. The molecule has 0 bridgehead atoms. The molecule has 0 radical (unpaired) electrons. The Morgan fingerprint density at radius 3 is 2.65 bits per heavy atom. The van der Waals surface area contributed by atoms with Gasteiger partial charge in [-0.05, 0) is 64.5 Å². The summed E-state index contributed by atoms with van der Waals surface area (Å²) in [4.78, 5) is 12.1. The molecule has 0 spiro atoms. The van der Waals surface area contributed by atoms with Crippen LogP contribution in [0.2, 0.25) is 0 Å². The van der Waals surface area contributed by atoms with Crippen molar-refractivity contribution in [3.63, 3.8) is 0 Å². The van der Waals surface area contributed by atoms with Gasteiger partial charge in [-0.3, -0.25) is 0 Å². The summed E-state index contributed by atoms with van der Waals surface area (Å²) < 4.78 is 5.98. The van der Waals surface area contributed by atoms with Gasteiger partial charge in [0, 0.05) is 11.5 Å². The molecule has 26 heavy (non-hydrogen) atoms. The first kappa shape index (κ1) is 20.3. The van der Waals surface area contributed by atoms with Crippen molar-refractivity contribution in [3.8, 4) is 11.5 Å². The number of allylic oxidation sites excluding steroid dienone is 2. The molecule has 1 unspecified atom stereocenters. The van der Waals surface area contributed by atoms with Crippen molar-refractivity contribution in [2.45, 2.75) is 84.7 Å². The van der Waals surface area contributed by atoms with E-state index in [0.717, 1.165) is 38.5 Å². The van der Waals surface area contributed by atoms with Gasteiger partial charge in [0.25, 0.3) is 0 Å². The first-order valence-corrected chi connectivity index (χ1v) is 9.81. The number of unbranched alkanes of at least 4 members (excludes halogenated alkanes) is 2. The summed E-state index contributed by atoms with van der Waals surface area (Å²) in [5, 5.41) is 20.7.